The maximum Gasteiger partial charge on any atom is 0.316 e. The van der Waals surface area contributed by atoms with Crippen LogP contribution in [-0.4, -0.2) is 55.0 Å². The fourth-order valence-corrected chi connectivity index (χ4v) is 2.63. The Kier molecular flexibility index (Phi) is 11.2. The predicted octanol–water partition coefficient (Wildman–Crippen LogP) is -0.0352. The van der Waals surface area contributed by atoms with Gasteiger partial charge in [-0.25, -0.2) is 0 Å². The number of hydrogen-bond acceptors (Lipinski definition) is 3. The van der Waals surface area contributed by atoms with Crippen molar-refractivity contribution in [3.63, 3.8) is 0 Å². The first-order valence-corrected chi connectivity index (χ1v) is 8.70. The Labute approximate surface area is 157 Å². The molecule has 1 aromatic carbocycles. The van der Waals surface area contributed by atoms with E-state index in [1.54, 1.807) is 0 Å². The number of benzene rings is 1. The number of rotatable bonds is 10. The highest BCUT2D eigenvalue weighted by atomic mass is 79.9. The minimum Gasteiger partial charge on any atom is -1.00 e. The zero-order chi connectivity index (χ0) is 17.3. The van der Waals surface area contributed by atoms with Crippen molar-refractivity contribution in [2.45, 2.75) is 45.6 Å². The zero-order valence-corrected chi connectivity index (χ0v) is 17.0. The molecule has 0 saturated heterocycles. The quantitative estimate of drug-likeness (QED) is 0.442. The van der Waals surface area contributed by atoms with Gasteiger partial charge in [0.05, 0.1) is 26.2 Å². The van der Waals surface area contributed by atoms with Crippen molar-refractivity contribution in [3.8, 4) is 0 Å². The number of carbonyl (C=O) groups is 1. The third-order valence-corrected chi connectivity index (χ3v) is 4.78. The van der Waals surface area contributed by atoms with Gasteiger partial charge in [0.25, 0.3) is 0 Å². The molecule has 0 amide bonds. The molecule has 2 atom stereocenters. The summed E-state index contributed by atoms with van der Waals surface area (Å²) in [6.45, 7) is 9.49. The van der Waals surface area contributed by atoms with Crippen LogP contribution in [-0.2, 0) is 9.53 Å². The molecule has 4 nitrogen and oxygen atoms in total. The first-order valence-electron chi connectivity index (χ1n) is 8.70. The number of aliphatic hydroxyl groups excluding tert-OH is 1. The van der Waals surface area contributed by atoms with Crippen LogP contribution in [0.5, 0.6) is 0 Å². The van der Waals surface area contributed by atoms with Gasteiger partial charge >= 0.3 is 5.97 Å². The molecule has 1 rings (SSSR count). The molecule has 1 N–H and O–H groups in total. The van der Waals surface area contributed by atoms with E-state index in [0.717, 1.165) is 36.1 Å². The number of esters is 1. The Morgan fingerprint density at radius 2 is 1.75 bits per heavy atom. The van der Waals surface area contributed by atoms with Crippen LogP contribution < -0.4 is 17.0 Å². The lowest BCUT2D eigenvalue weighted by molar-refractivity contribution is -0.906. The number of aliphatic hydroxyl groups is 1. The van der Waals surface area contributed by atoms with Crippen molar-refractivity contribution in [2.24, 2.45) is 0 Å². The van der Waals surface area contributed by atoms with E-state index < -0.39 is 12.0 Å². The number of quaternary nitrogens is 1. The maximum atomic E-state index is 12.5. The van der Waals surface area contributed by atoms with Crippen LogP contribution >= 0.6 is 0 Å². The van der Waals surface area contributed by atoms with Crippen LogP contribution in [0.25, 0.3) is 0 Å². The summed E-state index contributed by atoms with van der Waals surface area (Å²) in [5.74, 6) is -0.922. The van der Waals surface area contributed by atoms with Gasteiger partial charge in [-0.2, -0.15) is 0 Å². The van der Waals surface area contributed by atoms with Crippen LogP contribution in [0.3, 0.4) is 0 Å². The van der Waals surface area contributed by atoms with Gasteiger partial charge in [0.15, 0.2) is 0 Å². The molecule has 138 valence electrons. The molecule has 5 heteroatoms. The van der Waals surface area contributed by atoms with E-state index in [-0.39, 0.29) is 23.0 Å². The van der Waals surface area contributed by atoms with Crippen LogP contribution in [0.15, 0.2) is 30.3 Å². The predicted molar refractivity (Wildman–Crippen MR) is 93.2 cm³/mol. The molecule has 0 aliphatic carbocycles. The smallest absolute Gasteiger partial charge is 0.316 e. The number of nitrogens with zero attached hydrogens (tertiary/aromatic N) is 1. The topological polar surface area (TPSA) is 46.5 Å². The summed E-state index contributed by atoms with van der Waals surface area (Å²) < 4.78 is 6.39. The van der Waals surface area contributed by atoms with Crippen molar-refractivity contribution in [2.75, 3.05) is 33.3 Å². The highest BCUT2D eigenvalue weighted by Gasteiger charge is 2.30. The number of ether oxygens (including phenoxy) is 1. The SMILES string of the molecule is CCCC(O)C(C(=O)OCC[N+](C)(CC)CC)c1ccccc1.[Br-]. The van der Waals surface area contributed by atoms with Gasteiger partial charge in [-0.3, -0.25) is 4.79 Å². The average molecular weight is 402 g/mol. The Morgan fingerprint density at radius 3 is 2.25 bits per heavy atom. The summed E-state index contributed by atoms with van der Waals surface area (Å²) in [4.78, 5) is 12.5. The minimum atomic E-state index is -0.701. The number of halogens is 1. The van der Waals surface area contributed by atoms with Crippen LogP contribution in [0.4, 0.5) is 0 Å². The summed E-state index contributed by atoms with van der Waals surface area (Å²) in [7, 11) is 2.16. The molecule has 0 aliphatic heterocycles. The molecule has 0 fully saturated rings. The van der Waals surface area contributed by atoms with E-state index in [1.165, 1.54) is 0 Å². The van der Waals surface area contributed by atoms with Gasteiger partial charge < -0.3 is 31.3 Å². The van der Waals surface area contributed by atoms with Gasteiger partial charge in [0, 0.05) is 0 Å². The lowest BCUT2D eigenvalue weighted by Crippen LogP contribution is -3.00. The highest BCUT2D eigenvalue weighted by molar-refractivity contribution is 5.79. The normalized spacial score (nSPS) is 13.7. The van der Waals surface area contributed by atoms with E-state index in [0.29, 0.717) is 13.0 Å². The maximum absolute atomic E-state index is 12.5. The number of hydrogen-bond donors (Lipinski definition) is 1. The second-order valence-electron chi connectivity index (χ2n) is 6.39. The van der Waals surface area contributed by atoms with Gasteiger partial charge in [0.2, 0.25) is 0 Å². The van der Waals surface area contributed by atoms with Gasteiger partial charge in [-0.05, 0) is 25.8 Å². The van der Waals surface area contributed by atoms with Crippen LogP contribution in [0.2, 0.25) is 0 Å². The molecule has 0 bridgehead atoms. The molecule has 0 radical (unpaired) electrons. The first-order chi connectivity index (χ1) is 11.0. The van der Waals surface area contributed by atoms with Crippen molar-refractivity contribution in [3.05, 3.63) is 35.9 Å². The molecule has 2 unspecified atom stereocenters. The van der Waals surface area contributed by atoms with Crippen molar-refractivity contribution in [1.82, 2.24) is 0 Å². The summed E-state index contributed by atoms with van der Waals surface area (Å²) >= 11 is 0. The van der Waals surface area contributed by atoms with E-state index >= 15 is 0 Å². The summed E-state index contributed by atoms with van der Waals surface area (Å²) in [6.07, 6.45) is 0.721. The molecule has 1 aromatic rings. The van der Waals surface area contributed by atoms with Crippen molar-refractivity contribution < 1.29 is 36.1 Å². The van der Waals surface area contributed by atoms with Crippen LogP contribution in [0, 0.1) is 0 Å². The molecule has 24 heavy (non-hydrogen) atoms. The largest absolute Gasteiger partial charge is 1.00 e. The molecule has 0 aromatic heterocycles. The lowest BCUT2D eigenvalue weighted by Gasteiger charge is -2.32. The van der Waals surface area contributed by atoms with Crippen LogP contribution in [0.1, 0.15) is 45.1 Å². The minimum absolute atomic E-state index is 0. The summed E-state index contributed by atoms with van der Waals surface area (Å²) in [5.41, 5.74) is 0.821. The molecule has 0 spiro atoms. The monoisotopic (exact) mass is 401 g/mol. The average Bonchev–Trinajstić information content (AvgIpc) is 2.56. The fraction of sp³-hybridized carbons (Fsp3) is 0.632. The fourth-order valence-electron chi connectivity index (χ4n) is 2.63. The Balaban J connectivity index is 0.00000529. The molecular weight excluding hydrogens is 370 g/mol. The van der Waals surface area contributed by atoms with Gasteiger partial charge in [-0.1, -0.05) is 43.7 Å². The van der Waals surface area contributed by atoms with E-state index in [1.807, 2.05) is 37.3 Å². The van der Waals surface area contributed by atoms with Crippen molar-refractivity contribution in [1.29, 1.82) is 0 Å². The zero-order valence-electron chi connectivity index (χ0n) is 15.4. The summed E-state index contributed by atoms with van der Waals surface area (Å²) in [6, 6.07) is 9.43. The van der Waals surface area contributed by atoms with Crippen molar-refractivity contribution >= 4 is 5.97 Å². The molecule has 0 aliphatic rings. The van der Waals surface area contributed by atoms with E-state index in [9.17, 15) is 9.90 Å². The number of likely N-dealkylation sites (N-methyl/N-ethyl adjacent to an activating group) is 1. The second kappa shape index (κ2) is 11.6. The lowest BCUT2D eigenvalue weighted by atomic mass is 9.91. The van der Waals surface area contributed by atoms with Gasteiger partial charge in [-0.15, -0.1) is 0 Å². The Bertz CT molecular complexity index is 463. The Morgan fingerprint density at radius 1 is 1.17 bits per heavy atom. The van der Waals surface area contributed by atoms with Gasteiger partial charge in [0.1, 0.15) is 19.1 Å². The van der Waals surface area contributed by atoms with E-state index in [2.05, 4.69) is 20.9 Å². The second-order valence-corrected chi connectivity index (χ2v) is 6.39. The third-order valence-electron chi connectivity index (χ3n) is 4.78. The highest BCUT2D eigenvalue weighted by Crippen LogP contribution is 2.24. The first kappa shape index (κ1) is 23.1. The molecular formula is C19H32BrNO3. The number of carbonyl (C=O) groups excluding carboxylic acids is 1. The molecule has 0 saturated carbocycles. The third kappa shape index (κ3) is 6.91. The standard InChI is InChI=1S/C19H32NO3.BrH/c1-5-11-17(21)18(16-12-9-8-10-13-16)19(22)23-15-14-20(4,6-2)7-3;/h8-10,12-13,17-18,21H,5-7,11,14-15H2,1-4H3;1H/q+1;/p-1. The van der Waals surface area contributed by atoms with E-state index in [4.69, 9.17) is 4.74 Å². The molecule has 0 heterocycles. The summed E-state index contributed by atoms with van der Waals surface area (Å²) in [5, 5.41) is 10.4. The Hall–Kier alpha value is -0.910.